The lowest BCUT2D eigenvalue weighted by atomic mass is 10.6. The highest BCUT2D eigenvalue weighted by Gasteiger charge is 1.98. The van der Waals surface area contributed by atoms with E-state index in [0.717, 1.165) is 0 Å². The third-order valence-corrected chi connectivity index (χ3v) is 1.72. The topological polar surface area (TPSA) is 27.1 Å². The lowest BCUT2D eigenvalue weighted by Gasteiger charge is -2.15. The van der Waals surface area contributed by atoms with Gasteiger partial charge in [0.2, 0.25) is 0 Å². The summed E-state index contributed by atoms with van der Waals surface area (Å²) >= 11 is 3.21. The molecular weight excluding hydrogens is 168 g/mol. The van der Waals surface area contributed by atoms with Gasteiger partial charge in [0, 0.05) is 13.3 Å². The minimum absolute atomic E-state index is 0.0139. The first-order valence-electron chi connectivity index (χ1n) is 2.21. The third-order valence-electron chi connectivity index (χ3n) is 0.815. The van der Waals surface area contributed by atoms with Crippen LogP contribution in [-0.2, 0) is 0 Å². The molecule has 0 bridgehead atoms. The van der Waals surface area contributed by atoms with Crippen LogP contribution in [0.2, 0.25) is 0 Å². The molecule has 0 radical (unpaired) electrons. The lowest BCUT2D eigenvalue weighted by Crippen LogP contribution is -2.20. The van der Waals surface area contributed by atoms with Crippen LogP contribution in [0.1, 0.15) is 0 Å². The fourth-order valence-corrected chi connectivity index (χ4v) is 0.385. The van der Waals surface area contributed by atoms with Gasteiger partial charge in [0.25, 0.3) is 0 Å². The van der Waals surface area contributed by atoms with Gasteiger partial charge in [-0.2, -0.15) is 0 Å². The average Bonchev–Trinajstić information content (AvgIpc) is 1.84. The maximum absolute atomic E-state index is 6.78. The van der Waals surface area contributed by atoms with E-state index in [1.165, 1.54) is 6.21 Å². The second kappa shape index (κ2) is 3.66. The van der Waals surface area contributed by atoms with Crippen LogP contribution in [0.4, 0.5) is 0 Å². The molecule has 0 aromatic heterocycles. The van der Waals surface area contributed by atoms with Crippen molar-refractivity contribution in [3.8, 4) is 0 Å². The molecule has 2 nitrogen and oxygen atoms in total. The van der Waals surface area contributed by atoms with Crippen molar-refractivity contribution < 1.29 is 0 Å². The summed E-state index contributed by atoms with van der Waals surface area (Å²) in [7, 11) is 1.84. The molecule has 46 valence electrons. The van der Waals surface area contributed by atoms with Crippen molar-refractivity contribution in [2.24, 2.45) is 0 Å². The summed E-state index contributed by atoms with van der Waals surface area (Å²) in [4.78, 5) is 1.77. The second-order valence-corrected chi connectivity index (χ2v) is 2.33. The molecule has 0 aliphatic heterocycles. The van der Waals surface area contributed by atoms with Gasteiger partial charge in [-0.1, -0.05) is 22.5 Å². The smallest absolute Gasteiger partial charge is 0.119 e. The molecule has 0 saturated carbocycles. The predicted molar refractivity (Wildman–Crippen MR) is 39.5 cm³/mol. The van der Waals surface area contributed by atoms with Gasteiger partial charge in [-0.15, -0.1) is 0 Å². The summed E-state index contributed by atoms with van der Waals surface area (Å²) in [5, 5.41) is 6.78. The summed E-state index contributed by atoms with van der Waals surface area (Å²) in [5.41, 5.74) is 0. The van der Waals surface area contributed by atoms with E-state index in [1.54, 1.807) is 11.1 Å². The van der Waals surface area contributed by atoms with Crippen LogP contribution in [0.5, 0.6) is 0 Å². The highest BCUT2D eigenvalue weighted by Crippen LogP contribution is 1.99. The molecule has 1 atom stereocenters. The Morgan fingerprint density at radius 2 is 2.38 bits per heavy atom. The Bertz CT molecular complexity index is 80.4. The molecule has 0 aromatic carbocycles. The maximum atomic E-state index is 6.78. The number of rotatable bonds is 3. The predicted octanol–water partition coefficient (Wildman–Crippen LogP) is 1.43. The van der Waals surface area contributed by atoms with Gasteiger partial charge in [0.05, 0.1) is 0 Å². The number of alkyl halides is 1. The van der Waals surface area contributed by atoms with Crippen LogP contribution in [0.15, 0.2) is 12.8 Å². The van der Waals surface area contributed by atoms with Crippen molar-refractivity contribution in [1.29, 1.82) is 5.41 Å². The first kappa shape index (κ1) is 7.69. The zero-order chi connectivity index (χ0) is 6.57. The summed E-state index contributed by atoms with van der Waals surface area (Å²) in [6.45, 7) is 3.52. The summed E-state index contributed by atoms with van der Waals surface area (Å²) in [6, 6.07) is 0. The molecule has 0 heterocycles. The summed E-state index contributed by atoms with van der Waals surface area (Å²) in [6.07, 6.45) is 2.95. The Labute approximate surface area is 57.8 Å². The fourth-order valence-electron chi connectivity index (χ4n) is 0.218. The normalized spacial score (nSPS) is 12.2. The van der Waals surface area contributed by atoms with Gasteiger partial charge in [-0.25, -0.2) is 0 Å². The molecule has 0 fully saturated rings. The van der Waals surface area contributed by atoms with E-state index in [4.69, 9.17) is 5.41 Å². The first-order valence-corrected chi connectivity index (χ1v) is 3.13. The number of hydrogen-bond acceptors (Lipinski definition) is 2. The second-order valence-electron chi connectivity index (χ2n) is 1.39. The van der Waals surface area contributed by atoms with Crippen LogP contribution in [0.25, 0.3) is 0 Å². The van der Waals surface area contributed by atoms with E-state index < -0.39 is 0 Å². The van der Waals surface area contributed by atoms with Crippen LogP contribution >= 0.6 is 15.9 Å². The SMILES string of the molecule is C=CN(C)C(Br)C=N. The Morgan fingerprint density at radius 3 is 2.50 bits per heavy atom. The number of halogens is 1. The largest absolute Gasteiger partial charge is 0.364 e. The Kier molecular flexibility index (Phi) is 3.52. The average molecular weight is 177 g/mol. The molecule has 0 spiro atoms. The van der Waals surface area contributed by atoms with Crippen molar-refractivity contribution in [3.63, 3.8) is 0 Å². The van der Waals surface area contributed by atoms with E-state index in [0.29, 0.717) is 0 Å². The van der Waals surface area contributed by atoms with Crippen LogP contribution in [0.3, 0.4) is 0 Å². The van der Waals surface area contributed by atoms with Gasteiger partial charge >= 0.3 is 0 Å². The molecule has 8 heavy (non-hydrogen) atoms. The van der Waals surface area contributed by atoms with Crippen molar-refractivity contribution in [3.05, 3.63) is 12.8 Å². The summed E-state index contributed by atoms with van der Waals surface area (Å²) in [5.74, 6) is 0. The Morgan fingerprint density at radius 1 is 1.88 bits per heavy atom. The van der Waals surface area contributed by atoms with Crippen molar-refractivity contribution in [2.75, 3.05) is 7.05 Å². The van der Waals surface area contributed by atoms with Gasteiger partial charge in [-0.05, 0) is 6.20 Å². The molecule has 1 N–H and O–H groups in total. The molecule has 0 rings (SSSR count). The van der Waals surface area contributed by atoms with E-state index in [2.05, 4.69) is 22.5 Å². The molecule has 3 heteroatoms. The molecule has 1 unspecified atom stereocenters. The van der Waals surface area contributed by atoms with E-state index in [9.17, 15) is 0 Å². The Hall–Kier alpha value is -0.310. The van der Waals surface area contributed by atoms with E-state index in [1.807, 2.05) is 7.05 Å². The molecule has 0 aliphatic carbocycles. The highest BCUT2D eigenvalue weighted by molar-refractivity contribution is 9.09. The standard InChI is InChI=1S/C5H9BrN2/c1-3-8(2)5(6)4-7/h3-5,7H,1H2,2H3. The zero-order valence-electron chi connectivity index (χ0n) is 4.76. The van der Waals surface area contributed by atoms with E-state index >= 15 is 0 Å². The van der Waals surface area contributed by atoms with Crippen molar-refractivity contribution in [2.45, 2.75) is 4.95 Å². The van der Waals surface area contributed by atoms with Gasteiger partial charge in [0.15, 0.2) is 0 Å². The van der Waals surface area contributed by atoms with Gasteiger partial charge in [0.1, 0.15) is 4.95 Å². The maximum Gasteiger partial charge on any atom is 0.119 e. The molecule has 0 saturated heterocycles. The number of nitrogens with one attached hydrogen (secondary N) is 1. The lowest BCUT2D eigenvalue weighted by molar-refractivity contribution is 0.506. The van der Waals surface area contributed by atoms with Crippen molar-refractivity contribution >= 4 is 22.1 Å². The molecule has 0 aliphatic rings. The minimum Gasteiger partial charge on any atom is -0.364 e. The molecule has 0 amide bonds. The van der Waals surface area contributed by atoms with E-state index in [-0.39, 0.29) is 4.95 Å². The van der Waals surface area contributed by atoms with Crippen LogP contribution < -0.4 is 0 Å². The molecule has 0 aromatic rings. The van der Waals surface area contributed by atoms with Gasteiger partial charge in [-0.3, -0.25) is 0 Å². The number of nitrogens with zero attached hydrogens (tertiary/aromatic N) is 1. The highest BCUT2D eigenvalue weighted by atomic mass is 79.9. The van der Waals surface area contributed by atoms with Crippen molar-refractivity contribution in [1.82, 2.24) is 4.90 Å². The summed E-state index contributed by atoms with van der Waals surface area (Å²) < 4.78 is 0. The Balaban J connectivity index is 3.60. The fraction of sp³-hybridized carbons (Fsp3) is 0.400. The monoisotopic (exact) mass is 176 g/mol. The number of hydrogen-bond donors (Lipinski definition) is 1. The van der Waals surface area contributed by atoms with Crippen LogP contribution in [-0.4, -0.2) is 23.1 Å². The van der Waals surface area contributed by atoms with Gasteiger partial charge < -0.3 is 10.3 Å². The first-order chi connectivity index (χ1) is 3.72. The molecular formula is C5H9BrN2. The third kappa shape index (κ3) is 2.12. The van der Waals surface area contributed by atoms with Crippen LogP contribution in [0, 0.1) is 5.41 Å². The minimum atomic E-state index is -0.0139. The quantitative estimate of drug-likeness (QED) is 0.394. The zero-order valence-corrected chi connectivity index (χ0v) is 6.35.